The Bertz CT molecular complexity index is 491. The van der Waals surface area contributed by atoms with Crippen molar-refractivity contribution < 1.29 is 0 Å². The zero-order valence-electron chi connectivity index (χ0n) is 11.3. The second-order valence-electron chi connectivity index (χ2n) is 4.67. The number of pyridine rings is 1. The average molecular weight is 339 g/mol. The van der Waals surface area contributed by atoms with E-state index in [2.05, 4.69) is 58.3 Å². The second kappa shape index (κ2) is 7.17. The van der Waals surface area contributed by atoms with Crippen LogP contribution in [0, 0.1) is 6.92 Å². The van der Waals surface area contributed by atoms with Gasteiger partial charge in [-0.25, -0.2) is 0 Å². The molecule has 2 rings (SSSR count). The number of nitrogens with one attached hydrogen (secondary N) is 1. The summed E-state index contributed by atoms with van der Waals surface area (Å²) in [4.78, 5) is 5.48. The number of nitrogens with zero attached hydrogens (tertiary/aromatic N) is 1. The molecule has 0 aliphatic carbocycles. The van der Waals surface area contributed by atoms with E-state index in [1.165, 1.54) is 19.8 Å². The maximum absolute atomic E-state index is 4.08. The molecule has 4 heteroatoms. The van der Waals surface area contributed by atoms with Gasteiger partial charge in [-0.05, 0) is 71.6 Å². The maximum Gasteiger partial charge on any atom is 0.0731 e. The van der Waals surface area contributed by atoms with Crippen molar-refractivity contribution in [3.05, 3.63) is 50.4 Å². The van der Waals surface area contributed by atoms with Gasteiger partial charge in [0.2, 0.25) is 0 Å². The summed E-state index contributed by atoms with van der Waals surface area (Å²) < 4.78 is 1.24. The topological polar surface area (TPSA) is 24.9 Å². The monoisotopic (exact) mass is 338 g/mol. The van der Waals surface area contributed by atoms with Gasteiger partial charge in [-0.2, -0.15) is 0 Å². The van der Waals surface area contributed by atoms with Crippen LogP contribution in [0.25, 0.3) is 0 Å². The summed E-state index contributed by atoms with van der Waals surface area (Å²) in [6.45, 7) is 5.39. The minimum Gasteiger partial charge on any atom is -0.309 e. The van der Waals surface area contributed by atoms with Gasteiger partial charge >= 0.3 is 0 Å². The van der Waals surface area contributed by atoms with Gasteiger partial charge < -0.3 is 5.32 Å². The Morgan fingerprint density at radius 1 is 1.37 bits per heavy atom. The van der Waals surface area contributed by atoms with Crippen LogP contribution in [0.15, 0.2) is 34.4 Å². The molecular formula is C15H19BrN2S. The zero-order chi connectivity index (χ0) is 13.7. The minimum atomic E-state index is 0.386. The molecule has 1 unspecified atom stereocenters. The number of hydrogen-bond acceptors (Lipinski definition) is 3. The van der Waals surface area contributed by atoms with Gasteiger partial charge in [0.05, 0.1) is 3.79 Å². The molecule has 19 heavy (non-hydrogen) atoms. The summed E-state index contributed by atoms with van der Waals surface area (Å²) >= 11 is 5.45. The van der Waals surface area contributed by atoms with Crippen LogP contribution in [0.2, 0.25) is 0 Å². The molecule has 0 bridgehead atoms. The molecule has 1 N–H and O–H groups in total. The second-order valence-corrected chi connectivity index (χ2v) is 7.07. The molecule has 2 aromatic rings. The van der Waals surface area contributed by atoms with E-state index < -0.39 is 0 Å². The molecule has 0 amide bonds. The summed E-state index contributed by atoms with van der Waals surface area (Å²) in [5, 5.41) is 3.64. The van der Waals surface area contributed by atoms with Crippen molar-refractivity contribution in [3.63, 3.8) is 0 Å². The fraction of sp³-hybridized carbons (Fsp3) is 0.400. The lowest BCUT2D eigenvalue weighted by Crippen LogP contribution is -2.23. The molecule has 2 heterocycles. The molecule has 0 saturated heterocycles. The highest BCUT2D eigenvalue weighted by molar-refractivity contribution is 9.11. The molecule has 2 nitrogen and oxygen atoms in total. The number of halogens is 1. The van der Waals surface area contributed by atoms with E-state index in [4.69, 9.17) is 0 Å². The predicted octanol–water partition coefficient (Wildman–Crippen LogP) is 4.50. The quantitative estimate of drug-likeness (QED) is 0.838. The van der Waals surface area contributed by atoms with Crippen LogP contribution in [-0.4, -0.2) is 11.5 Å². The fourth-order valence-corrected chi connectivity index (χ4v) is 3.65. The first-order chi connectivity index (χ1) is 9.20. The highest BCUT2D eigenvalue weighted by Crippen LogP contribution is 2.32. The van der Waals surface area contributed by atoms with Gasteiger partial charge in [0.15, 0.2) is 0 Å². The Kier molecular flexibility index (Phi) is 5.55. The van der Waals surface area contributed by atoms with Gasteiger partial charge in [0.1, 0.15) is 0 Å². The van der Waals surface area contributed by atoms with Crippen molar-refractivity contribution in [3.8, 4) is 0 Å². The minimum absolute atomic E-state index is 0.386. The molecule has 0 aliphatic heterocycles. The summed E-state index contributed by atoms with van der Waals surface area (Å²) in [5.41, 5.74) is 2.64. The van der Waals surface area contributed by atoms with Crippen molar-refractivity contribution in [1.82, 2.24) is 10.3 Å². The third kappa shape index (κ3) is 4.13. The molecule has 102 valence electrons. The summed E-state index contributed by atoms with van der Waals surface area (Å²) in [7, 11) is 0. The first-order valence-corrected chi connectivity index (χ1v) is 8.19. The van der Waals surface area contributed by atoms with Gasteiger partial charge in [0, 0.05) is 23.3 Å². The zero-order valence-corrected chi connectivity index (χ0v) is 13.7. The van der Waals surface area contributed by atoms with Crippen molar-refractivity contribution in [2.24, 2.45) is 0 Å². The van der Waals surface area contributed by atoms with Crippen molar-refractivity contribution in [2.75, 3.05) is 6.54 Å². The molecule has 0 spiro atoms. The summed E-state index contributed by atoms with van der Waals surface area (Å²) in [6, 6.07) is 6.85. The highest BCUT2D eigenvalue weighted by Gasteiger charge is 2.15. The van der Waals surface area contributed by atoms with Crippen LogP contribution in [0.3, 0.4) is 0 Å². The summed E-state index contributed by atoms with van der Waals surface area (Å²) in [5.74, 6) is 0. The normalized spacial score (nSPS) is 12.6. The lowest BCUT2D eigenvalue weighted by molar-refractivity contribution is 0.536. The van der Waals surface area contributed by atoms with E-state index >= 15 is 0 Å². The van der Waals surface area contributed by atoms with Crippen molar-refractivity contribution in [1.29, 1.82) is 0 Å². The Hall–Kier alpha value is -0.710. The molecular weight excluding hydrogens is 320 g/mol. The van der Waals surface area contributed by atoms with E-state index in [9.17, 15) is 0 Å². The van der Waals surface area contributed by atoms with Crippen LogP contribution in [-0.2, 0) is 6.42 Å². The number of aromatic nitrogens is 1. The van der Waals surface area contributed by atoms with Crippen molar-refractivity contribution in [2.45, 2.75) is 32.7 Å². The number of aryl methyl sites for hydroxylation is 1. The third-order valence-corrected chi connectivity index (χ3v) is 5.30. The van der Waals surface area contributed by atoms with Gasteiger partial charge in [0.25, 0.3) is 0 Å². The first kappa shape index (κ1) is 14.7. The smallest absolute Gasteiger partial charge is 0.0731 e. The van der Waals surface area contributed by atoms with E-state index in [0.717, 1.165) is 19.4 Å². The number of thiophene rings is 1. The summed E-state index contributed by atoms with van der Waals surface area (Å²) in [6.07, 6.45) is 5.89. The Morgan fingerprint density at radius 2 is 2.11 bits per heavy atom. The molecule has 0 aromatic carbocycles. The SMILES string of the molecule is CCCNC(Cc1ccncc1)c1cc(C)c(Br)s1. The lowest BCUT2D eigenvalue weighted by atomic mass is 10.1. The van der Waals surface area contributed by atoms with Crippen LogP contribution in [0.5, 0.6) is 0 Å². The molecule has 0 saturated carbocycles. The molecule has 2 aromatic heterocycles. The van der Waals surface area contributed by atoms with E-state index in [1.54, 1.807) is 0 Å². The number of hydrogen-bond donors (Lipinski definition) is 1. The Morgan fingerprint density at radius 3 is 2.68 bits per heavy atom. The average Bonchev–Trinajstić information content (AvgIpc) is 2.76. The molecule has 0 aliphatic rings. The highest BCUT2D eigenvalue weighted by atomic mass is 79.9. The molecule has 0 fully saturated rings. The van der Waals surface area contributed by atoms with Crippen LogP contribution < -0.4 is 5.32 Å². The van der Waals surface area contributed by atoms with Gasteiger partial charge in [-0.15, -0.1) is 11.3 Å². The van der Waals surface area contributed by atoms with Crippen LogP contribution >= 0.6 is 27.3 Å². The van der Waals surface area contributed by atoms with Gasteiger partial charge in [-0.1, -0.05) is 6.92 Å². The largest absolute Gasteiger partial charge is 0.309 e. The van der Waals surface area contributed by atoms with Crippen LogP contribution in [0.4, 0.5) is 0 Å². The van der Waals surface area contributed by atoms with Gasteiger partial charge in [-0.3, -0.25) is 4.98 Å². The third-order valence-electron chi connectivity index (χ3n) is 3.05. The lowest BCUT2D eigenvalue weighted by Gasteiger charge is -2.17. The van der Waals surface area contributed by atoms with Crippen molar-refractivity contribution >= 4 is 27.3 Å². The fourth-order valence-electron chi connectivity index (χ4n) is 2.00. The molecule has 1 atom stereocenters. The number of rotatable bonds is 6. The van der Waals surface area contributed by atoms with E-state index in [0.29, 0.717) is 6.04 Å². The Labute approximate surface area is 127 Å². The van der Waals surface area contributed by atoms with E-state index in [-0.39, 0.29) is 0 Å². The predicted molar refractivity (Wildman–Crippen MR) is 85.7 cm³/mol. The Balaban J connectivity index is 2.15. The first-order valence-electron chi connectivity index (χ1n) is 6.58. The standard InChI is InChI=1S/C15H19BrN2S/c1-3-6-18-13(10-12-4-7-17-8-5-12)14-9-11(2)15(16)19-14/h4-5,7-9,13,18H,3,6,10H2,1-2H3. The molecule has 0 radical (unpaired) electrons. The van der Waals surface area contributed by atoms with Crippen LogP contribution in [0.1, 0.15) is 35.4 Å². The maximum atomic E-state index is 4.08. The van der Waals surface area contributed by atoms with E-state index in [1.807, 2.05) is 23.7 Å².